The van der Waals surface area contributed by atoms with Gasteiger partial charge >= 0.3 is 5.97 Å². The molecule has 0 aliphatic heterocycles. The van der Waals surface area contributed by atoms with Crippen molar-refractivity contribution in [2.75, 3.05) is 18.5 Å². The lowest BCUT2D eigenvalue weighted by Gasteiger charge is -2.07. The molecule has 0 spiro atoms. The highest BCUT2D eigenvalue weighted by Gasteiger charge is 2.22. The smallest absolute Gasteiger partial charge is 0.338 e. The minimum Gasteiger partial charge on any atom is -0.462 e. The van der Waals surface area contributed by atoms with Crippen molar-refractivity contribution in [1.29, 1.82) is 0 Å². The predicted molar refractivity (Wildman–Crippen MR) is 76.7 cm³/mol. The molecule has 0 radical (unpaired) electrons. The number of rotatable bonds is 7. The highest BCUT2D eigenvalue weighted by molar-refractivity contribution is 5.89. The molecular formula is C15H20N2O3. The molecule has 1 fully saturated rings. The van der Waals surface area contributed by atoms with Crippen molar-refractivity contribution in [2.45, 2.75) is 32.2 Å². The summed E-state index contributed by atoms with van der Waals surface area (Å²) in [5, 5.41) is 6.09. The topological polar surface area (TPSA) is 67.4 Å². The van der Waals surface area contributed by atoms with Gasteiger partial charge in [-0.1, -0.05) is 0 Å². The molecule has 1 aromatic rings. The van der Waals surface area contributed by atoms with Gasteiger partial charge in [-0.2, -0.15) is 0 Å². The summed E-state index contributed by atoms with van der Waals surface area (Å²) in [7, 11) is 0. The summed E-state index contributed by atoms with van der Waals surface area (Å²) in [4.78, 5) is 23.0. The Morgan fingerprint density at radius 1 is 1.25 bits per heavy atom. The summed E-state index contributed by atoms with van der Waals surface area (Å²) in [6.45, 7) is 2.73. The van der Waals surface area contributed by atoms with Gasteiger partial charge in [0.2, 0.25) is 5.91 Å². The molecule has 1 aliphatic rings. The monoisotopic (exact) mass is 276 g/mol. The summed E-state index contributed by atoms with van der Waals surface area (Å²) < 4.78 is 4.91. The van der Waals surface area contributed by atoms with Gasteiger partial charge in [0.05, 0.1) is 12.2 Å². The van der Waals surface area contributed by atoms with Crippen molar-refractivity contribution in [3.63, 3.8) is 0 Å². The lowest BCUT2D eigenvalue weighted by atomic mass is 10.2. The standard InChI is InChI=1S/C15H20N2O3/c1-2-20-15(19)11-3-5-12(6-4-11)16-10-9-14(18)17-13-7-8-13/h3-6,13,16H,2,7-10H2,1H3,(H,17,18). The Hall–Kier alpha value is -2.04. The molecule has 1 amide bonds. The van der Waals surface area contributed by atoms with Crippen molar-refractivity contribution >= 4 is 17.6 Å². The molecular weight excluding hydrogens is 256 g/mol. The molecule has 2 N–H and O–H groups in total. The van der Waals surface area contributed by atoms with Crippen LogP contribution in [0.3, 0.4) is 0 Å². The van der Waals surface area contributed by atoms with E-state index < -0.39 is 0 Å². The van der Waals surface area contributed by atoms with Crippen LogP contribution in [-0.4, -0.2) is 31.1 Å². The summed E-state index contributed by atoms with van der Waals surface area (Å²) in [5.74, 6) is -0.231. The van der Waals surface area contributed by atoms with Crippen LogP contribution in [0.2, 0.25) is 0 Å². The molecule has 0 heterocycles. The average Bonchev–Trinajstić information content (AvgIpc) is 3.23. The molecule has 0 bridgehead atoms. The van der Waals surface area contributed by atoms with E-state index in [1.807, 2.05) is 12.1 Å². The molecule has 20 heavy (non-hydrogen) atoms. The zero-order valence-electron chi connectivity index (χ0n) is 11.6. The third-order valence-electron chi connectivity index (χ3n) is 3.02. The van der Waals surface area contributed by atoms with Crippen LogP contribution in [0.4, 0.5) is 5.69 Å². The van der Waals surface area contributed by atoms with Crippen LogP contribution in [-0.2, 0) is 9.53 Å². The Labute approximate surface area is 118 Å². The van der Waals surface area contributed by atoms with Crippen LogP contribution >= 0.6 is 0 Å². The van der Waals surface area contributed by atoms with Gasteiger partial charge in [0.25, 0.3) is 0 Å². The van der Waals surface area contributed by atoms with Gasteiger partial charge in [-0.3, -0.25) is 4.79 Å². The number of ether oxygens (including phenoxy) is 1. The lowest BCUT2D eigenvalue weighted by Crippen LogP contribution is -2.27. The molecule has 5 heteroatoms. The molecule has 0 unspecified atom stereocenters. The van der Waals surface area contributed by atoms with Crippen LogP contribution in [0.15, 0.2) is 24.3 Å². The van der Waals surface area contributed by atoms with E-state index >= 15 is 0 Å². The van der Waals surface area contributed by atoms with Crippen LogP contribution < -0.4 is 10.6 Å². The minimum atomic E-state index is -0.317. The van der Waals surface area contributed by atoms with Crippen molar-refractivity contribution in [1.82, 2.24) is 5.32 Å². The predicted octanol–water partition coefficient (Wildman–Crippen LogP) is 1.94. The fourth-order valence-electron chi connectivity index (χ4n) is 1.79. The van der Waals surface area contributed by atoms with E-state index in [-0.39, 0.29) is 11.9 Å². The summed E-state index contributed by atoms with van der Waals surface area (Å²) in [6, 6.07) is 7.46. The number of hydrogen-bond acceptors (Lipinski definition) is 4. The van der Waals surface area contributed by atoms with E-state index in [1.165, 1.54) is 0 Å². The molecule has 108 valence electrons. The van der Waals surface area contributed by atoms with Crippen molar-refractivity contribution < 1.29 is 14.3 Å². The SMILES string of the molecule is CCOC(=O)c1ccc(NCCC(=O)NC2CC2)cc1. The maximum atomic E-state index is 11.5. The summed E-state index contributed by atoms with van der Waals surface area (Å²) >= 11 is 0. The second-order valence-corrected chi connectivity index (χ2v) is 4.82. The van der Waals surface area contributed by atoms with E-state index in [1.54, 1.807) is 19.1 Å². The van der Waals surface area contributed by atoms with Gasteiger partial charge in [0.15, 0.2) is 0 Å². The quantitative estimate of drug-likeness (QED) is 0.747. The molecule has 1 aliphatic carbocycles. The van der Waals surface area contributed by atoms with Crippen LogP contribution in [0.1, 0.15) is 36.5 Å². The van der Waals surface area contributed by atoms with Crippen LogP contribution in [0.25, 0.3) is 0 Å². The number of esters is 1. The Bertz CT molecular complexity index is 467. The molecule has 0 saturated heterocycles. The minimum absolute atomic E-state index is 0.0862. The van der Waals surface area contributed by atoms with Gasteiger partial charge < -0.3 is 15.4 Å². The van der Waals surface area contributed by atoms with E-state index in [2.05, 4.69) is 10.6 Å². The van der Waals surface area contributed by atoms with Gasteiger partial charge in [0, 0.05) is 24.7 Å². The highest BCUT2D eigenvalue weighted by atomic mass is 16.5. The number of nitrogens with one attached hydrogen (secondary N) is 2. The second-order valence-electron chi connectivity index (χ2n) is 4.82. The first-order valence-corrected chi connectivity index (χ1v) is 6.99. The van der Waals surface area contributed by atoms with E-state index in [0.717, 1.165) is 18.5 Å². The highest BCUT2D eigenvalue weighted by Crippen LogP contribution is 2.18. The third-order valence-corrected chi connectivity index (χ3v) is 3.02. The number of benzene rings is 1. The number of amides is 1. The van der Waals surface area contributed by atoms with E-state index in [0.29, 0.717) is 31.2 Å². The number of carbonyl (C=O) groups is 2. The Morgan fingerprint density at radius 2 is 1.95 bits per heavy atom. The Kier molecular flexibility index (Phi) is 4.98. The first kappa shape index (κ1) is 14.4. The fourth-order valence-corrected chi connectivity index (χ4v) is 1.79. The number of hydrogen-bond donors (Lipinski definition) is 2. The molecule has 0 atom stereocenters. The zero-order chi connectivity index (χ0) is 14.4. The van der Waals surface area contributed by atoms with E-state index in [4.69, 9.17) is 4.74 Å². The molecule has 1 aromatic carbocycles. The Balaban J connectivity index is 1.72. The van der Waals surface area contributed by atoms with Gasteiger partial charge in [-0.25, -0.2) is 4.79 Å². The first-order chi connectivity index (χ1) is 9.69. The summed E-state index contributed by atoms with van der Waals surface area (Å²) in [6.07, 6.45) is 2.67. The van der Waals surface area contributed by atoms with Gasteiger partial charge in [-0.05, 0) is 44.0 Å². The van der Waals surface area contributed by atoms with Gasteiger partial charge in [-0.15, -0.1) is 0 Å². The lowest BCUT2D eigenvalue weighted by molar-refractivity contribution is -0.120. The third kappa shape index (κ3) is 4.57. The molecule has 5 nitrogen and oxygen atoms in total. The van der Waals surface area contributed by atoms with Crippen molar-refractivity contribution in [3.8, 4) is 0 Å². The molecule has 2 rings (SSSR count). The van der Waals surface area contributed by atoms with Crippen molar-refractivity contribution in [3.05, 3.63) is 29.8 Å². The Morgan fingerprint density at radius 3 is 2.55 bits per heavy atom. The van der Waals surface area contributed by atoms with Crippen LogP contribution in [0, 0.1) is 0 Å². The number of carbonyl (C=O) groups excluding carboxylic acids is 2. The fraction of sp³-hybridized carbons (Fsp3) is 0.467. The van der Waals surface area contributed by atoms with E-state index in [9.17, 15) is 9.59 Å². The largest absolute Gasteiger partial charge is 0.462 e. The maximum Gasteiger partial charge on any atom is 0.338 e. The maximum absolute atomic E-state index is 11.5. The van der Waals surface area contributed by atoms with Crippen molar-refractivity contribution in [2.24, 2.45) is 0 Å². The average molecular weight is 276 g/mol. The summed E-state index contributed by atoms with van der Waals surface area (Å²) in [5.41, 5.74) is 1.42. The second kappa shape index (κ2) is 6.93. The van der Waals surface area contributed by atoms with Gasteiger partial charge in [0.1, 0.15) is 0 Å². The molecule has 0 aromatic heterocycles. The number of anilines is 1. The zero-order valence-corrected chi connectivity index (χ0v) is 11.6. The normalized spacial score (nSPS) is 13.7. The van der Waals surface area contributed by atoms with Crippen LogP contribution in [0.5, 0.6) is 0 Å². The first-order valence-electron chi connectivity index (χ1n) is 6.99. The molecule has 1 saturated carbocycles.